The van der Waals surface area contributed by atoms with Crippen LogP contribution in [0.25, 0.3) is 0 Å². The molecule has 0 bridgehead atoms. The van der Waals surface area contributed by atoms with Gasteiger partial charge in [-0.3, -0.25) is 4.79 Å². The predicted octanol–water partition coefficient (Wildman–Crippen LogP) is 1.82. The highest BCUT2D eigenvalue weighted by Gasteiger charge is 2.15. The summed E-state index contributed by atoms with van der Waals surface area (Å²) in [6.45, 7) is 3.96. The molecule has 1 aromatic carbocycles. The van der Waals surface area contributed by atoms with Gasteiger partial charge in [0.2, 0.25) is 0 Å². The number of hydrogen-bond donors (Lipinski definition) is 1. The van der Waals surface area contributed by atoms with Gasteiger partial charge in [0.25, 0.3) is 5.91 Å². The Kier molecular flexibility index (Phi) is 3.99. The second-order valence-corrected chi connectivity index (χ2v) is 4.68. The maximum Gasteiger partial charge on any atom is 0.253 e. The van der Waals surface area contributed by atoms with Crippen LogP contribution in [0.5, 0.6) is 0 Å². The van der Waals surface area contributed by atoms with Gasteiger partial charge in [-0.25, -0.2) is 0 Å². The Balaban J connectivity index is 3.02. The largest absolute Gasteiger partial charge is 0.397 e. The maximum atomic E-state index is 12.1. The maximum absolute atomic E-state index is 12.1. The molecule has 0 aliphatic heterocycles. The smallest absolute Gasteiger partial charge is 0.253 e. The molecule has 1 aromatic rings. The number of hydrogen-bond acceptors (Lipinski definition) is 3. The third kappa shape index (κ3) is 2.90. The van der Waals surface area contributed by atoms with E-state index in [2.05, 4.69) is 0 Å². The first-order valence-corrected chi connectivity index (χ1v) is 5.68. The Bertz CT molecular complexity index is 413. The molecular weight excluding hydrogens is 214 g/mol. The lowest BCUT2D eigenvalue weighted by atomic mass is 10.1. The minimum Gasteiger partial charge on any atom is -0.397 e. The van der Waals surface area contributed by atoms with Crippen LogP contribution in [0.4, 0.5) is 11.4 Å². The van der Waals surface area contributed by atoms with Crippen molar-refractivity contribution in [2.45, 2.75) is 19.9 Å². The van der Waals surface area contributed by atoms with Gasteiger partial charge >= 0.3 is 0 Å². The normalized spacial score (nSPS) is 10.5. The van der Waals surface area contributed by atoms with Gasteiger partial charge in [-0.05, 0) is 32.0 Å². The summed E-state index contributed by atoms with van der Waals surface area (Å²) in [6, 6.07) is 5.59. The monoisotopic (exact) mass is 235 g/mol. The van der Waals surface area contributed by atoms with Crippen molar-refractivity contribution in [1.29, 1.82) is 0 Å². The molecule has 0 radical (unpaired) electrons. The molecule has 1 amide bonds. The zero-order valence-corrected chi connectivity index (χ0v) is 11.2. The van der Waals surface area contributed by atoms with Crippen LogP contribution in [0.2, 0.25) is 0 Å². The number of carbonyl (C=O) groups is 1. The van der Waals surface area contributed by atoms with Crippen LogP contribution in [0.1, 0.15) is 24.2 Å². The van der Waals surface area contributed by atoms with Crippen molar-refractivity contribution in [3.8, 4) is 0 Å². The van der Waals surface area contributed by atoms with E-state index in [0.29, 0.717) is 11.3 Å². The number of rotatable bonds is 3. The Labute approximate surface area is 103 Å². The topological polar surface area (TPSA) is 49.6 Å². The lowest BCUT2D eigenvalue weighted by Crippen LogP contribution is -2.33. The first-order valence-electron chi connectivity index (χ1n) is 5.68. The summed E-state index contributed by atoms with van der Waals surface area (Å²) in [5.74, 6) is -0.00277. The Morgan fingerprint density at radius 2 is 1.82 bits per heavy atom. The molecule has 4 nitrogen and oxygen atoms in total. The van der Waals surface area contributed by atoms with E-state index in [-0.39, 0.29) is 11.9 Å². The second kappa shape index (κ2) is 5.08. The second-order valence-electron chi connectivity index (χ2n) is 4.68. The highest BCUT2D eigenvalue weighted by Crippen LogP contribution is 2.23. The van der Waals surface area contributed by atoms with Crippen LogP contribution < -0.4 is 10.6 Å². The molecule has 94 valence electrons. The molecule has 0 saturated heterocycles. The summed E-state index contributed by atoms with van der Waals surface area (Å²) in [5, 5.41) is 0. The van der Waals surface area contributed by atoms with Crippen LogP contribution in [-0.2, 0) is 0 Å². The van der Waals surface area contributed by atoms with Crippen molar-refractivity contribution >= 4 is 17.3 Å². The lowest BCUT2D eigenvalue weighted by Gasteiger charge is -2.22. The number of benzene rings is 1. The van der Waals surface area contributed by atoms with Crippen LogP contribution >= 0.6 is 0 Å². The quantitative estimate of drug-likeness (QED) is 0.813. The van der Waals surface area contributed by atoms with Crippen LogP contribution in [0.3, 0.4) is 0 Å². The molecule has 1 rings (SSSR count). The first kappa shape index (κ1) is 13.4. The molecule has 4 heteroatoms. The molecule has 0 spiro atoms. The summed E-state index contributed by atoms with van der Waals surface area (Å²) in [4.78, 5) is 15.7. The van der Waals surface area contributed by atoms with E-state index in [1.54, 1.807) is 18.0 Å². The van der Waals surface area contributed by atoms with E-state index in [1.165, 1.54) is 0 Å². The zero-order chi connectivity index (χ0) is 13.2. The highest BCUT2D eigenvalue weighted by atomic mass is 16.2. The molecule has 0 atom stereocenters. The van der Waals surface area contributed by atoms with Gasteiger partial charge in [0.1, 0.15) is 0 Å². The van der Waals surface area contributed by atoms with Crippen molar-refractivity contribution in [2.24, 2.45) is 0 Å². The molecule has 2 N–H and O–H groups in total. The summed E-state index contributed by atoms with van der Waals surface area (Å²) in [6.07, 6.45) is 0. The lowest BCUT2D eigenvalue weighted by molar-refractivity contribution is 0.0755. The molecule has 0 aliphatic rings. The van der Waals surface area contributed by atoms with Gasteiger partial charge in [0.05, 0.1) is 11.4 Å². The van der Waals surface area contributed by atoms with Crippen LogP contribution in [0.15, 0.2) is 18.2 Å². The van der Waals surface area contributed by atoms with E-state index in [4.69, 9.17) is 5.73 Å². The van der Waals surface area contributed by atoms with Crippen molar-refractivity contribution in [1.82, 2.24) is 4.90 Å². The third-order valence-electron chi connectivity index (χ3n) is 2.85. The number of nitrogen functional groups attached to an aromatic ring is 1. The molecule has 17 heavy (non-hydrogen) atoms. The van der Waals surface area contributed by atoms with Gasteiger partial charge in [-0.15, -0.1) is 0 Å². The number of carbonyl (C=O) groups excluding carboxylic acids is 1. The number of nitrogens with two attached hydrogens (primary N) is 1. The van der Waals surface area contributed by atoms with Gasteiger partial charge < -0.3 is 15.5 Å². The van der Waals surface area contributed by atoms with Crippen molar-refractivity contribution in [3.63, 3.8) is 0 Å². The van der Waals surface area contributed by atoms with Crippen molar-refractivity contribution in [2.75, 3.05) is 31.8 Å². The fraction of sp³-hybridized carbons (Fsp3) is 0.462. The average Bonchev–Trinajstić information content (AvgIpc) is 2.26. The molecule has 0 unspecified atom stereocenters. The molecule has 0 saturated carbocycles. The van der Waals surface area contributed by atoms with Gasteiger partial charge in [0, 0.05) is 32.7 Å². The predicted molar refractivity (Wildman–Crippen MR) is 72.4 cm³/mol. The molecule has 0 fully saturated rings. The van der Waals surface area contributed by atoms with E-state index in [1.807, 2.05) is 45.0 Å². The van der Waals surface area contributed by atoms with E-state index in [0.717, 1.165) is 5.69 Å². The van der Waals surface area contributed by atoms with Crippen molar-refractivity contribution < 1.29 is 4.79 Å². The SMILES string of the molecule is CC(C)N(C)C(=O)c1ccc(N(C)C)c(N)c1. The molecule has 0 heterocycles. The fourth-order valence-corrected chi connectivity index (χ4v) is 1.53. The summed E-state index contributed by atoms with van der Waals surface area (Å²) in [7, 11) is 5.64. The Morgan fingerprint density at radius 3 is 2.24 bits per heavy atom. The molecular formula is C13H21N3O. The van der Waals surface area contributed by atoms with Gasteiger partial charge in [-0.1, -0.05) is 0 Å². The number of nitrogens with zero attached hydrogens (tertiary/aromatic N) is 2. The minimum absolute atomic E-state index is 0.00277. The summed E-state index contributed by atoms with van der Waals surface area (Å²) in [5.41, 5.74) is 8.10. The van der Waals surface area contributed by atoms with Crippen LogP contribution in [-0.4, -0.2) is 38.0 Å². The first-order chi connectivity index (χ1) is 7.84. The molecule has 0 aromatic heterocycles. The van der Waals surface area contributed by atoms with E-state index < -0.39 is 0 Å². The van der Waals surface area contributed by atoms with Crippen LogP contribution in [0, 0.1) is 0 Å². The highest BCUT2D eigenvalue weighted by molar-refractivity contribution is 5.96. The van der Waals surface area contributed by atoms with Crippen molar-refractivity contribution in [3.05, 3.63) is 23.8 Å². The third-order valence-corrected chi connectivity index (χ3v) is 2.85. The Morgan fingerprint density at radius 1 is 1.24 bits per heavy atom. The molecule has 0 aliphatic carbocycles. The fourth-order valence-electron chi connectivity index (χ4n) is 1.53. The van der Waals surface area contributed by atoms with Gasteiger partial charge in [0.15, 0.2) is 0 Å². The zero-order valence-electron chi connectivity index (χ0n) is 11.2. The van der Waals surface area contributed by atoms with E-state index in [9.17, 15) is 4.79 Å². The van der Waals surface area contributed by atoms with E-state index >= 15 is 0 Å². The Hall–Kier alpha value is -1.71. The number of amides is 1. The standard InChI is InChI=1S/C13H21N3O/c1-9(2)16(5)13(17)10-6-7-12(15(3)4)11(14)8-10/h6-9H,14H2,1-5H3. The summed E-state index contributed by atoms with van der Waals surface area (Å²) < 4.78 is 0. The average molecular weight is 235 g/mol. The minimum atomic E-state index is -0.00277. The summed E-state index contributed by atoms with van der Waals surface area (Å²) >= 11 is 0. The van der Waals surface area contributed by atoms with Gasteiger partial charge in [-0.2, -0.15) is 0 Å². The number of anilines is 2.